The highest BCUT2D eigenvalue weighted by Gasteiger charge is 2.27. The summed E-state index contributed by atoms with van der Waals surface area (Å²) in [5.74, 6) is -1.60. The third-order valence-electron chi connectivity index (χ3n) is 4.66. The van der Waals surface area contributed by atoms with Crippen molar-refractivity contribution in [1.29, 1.82) is 0 Å². The van der Waals surface area contributed by atoms with Crippen LogP contribution >= 0.6 is 23.2 Å². The number of halogens is 2. The molecule has 0 saturated heterocycles. The standard InChI is InChI=1S/C23H27Cl2N3O4/c1-14(2)10-19(28-23(32)26-13-16-8-9-17(24)18(25)11-16)21(29)27-20(22(30)31)12-15-6-4-3-5-7-15/h3-9,11,14,19-20H,10,12-13H2,1-2H3,(H,27,29)(H,30,31)(H2,26,28,32)/t19-,20-/m0/s1. The number of carboxylic acid groups (broad SMARTS) is 1. The Balaban J connectivity index is 2.00. The van der Waals surface area contributed by atoms with Gasteiger partial charge in [0.15, 0.2) is 0 Å². The molecule has 0 fully saturated rings. The van der Waals surface area contributed by atoms with E-state index in [-0.39, 0.29) is 18.9 Å². The first-order valence-electron chi connectivity index (χ1n) is 10.2. The highest BCUT2D eigenvalue weighted by molar-refractivity contribution is 6.42. The predicted octanol–water partition coefficient (Wildman–Crippen LogP) is 4.02. The SMILES string of the molecule is CC(C)C[C@H](NC(=O)NCc1ccc(Cl)c(Cl)c1)C(=O)N[C@@H](Cc1ccccc1)C(=O)O. The van der Waals surface area contributed by atoms with Gasteiger partial charge in [-0.3, -0.25) is 4.79 Å². The average molecular weight is 480 g/mol. The third kappa shape index (κ3) is 8.40. The molecule has 9 heteroatoms. The number of carboxylic acids is 1. The van der Waals surface area contributed by atoms with Crippen LogP contribution in [0.5, 0.6) is 0 Å². The van der Waals surface area contributed by atoms with Gasteiger partial charge in [0.05, 0.1) is 10.0 Å². The number of amides is 3. The molecule has 0 aromatic heterocycles. The summed E-state index contributed by atoms with van der Waals surface area (Å²) in [5.41, 5.74) is 1.53. The Bertz CT molecular complexity index is 938. The number of benzene rings is 2. The number of carbonyl (C=O) groups is 3. The Kier molecular flexibility index (Phi) is 9.81. The Labute approximate surface area is 197 Å². The zero-order valence-electron chi connectivity index (χ0n) is 17.9. The molecule has 3 amide bonds. The summed E-state index contributed by atoms with van der Waals surface area (Å²) in [7, 11) is 0. The van der Waals surface area contributed by atoms with Gasteiger partial charge in [-0.05, 0) is 35.6 Å². The lowest BCUT2D eigenvalue weighted by molar-refractivity contribution is -0.142. The lowest BCUT2D eigenvalue weighted by Gasteiger charge is -2.23. The molecule has 0 aliphatic heterocycles. The average Bonchev–Trinajstić information content (AvgIpc) is 2.74. The molecule has 0 bridgehead atoms. The molecule has 32 heavy (non-hydrogen) atoms. The fourth-order valence-corrected chi connectivity index (χ4v) is 3.39. The summed E-state index contributed by atoms with van der Waals surface area (Å²) in [4.78, 5) is 36.9. The minimum atomic E-state index is -1.14. The maximum Gasteiger partial charge on any atom is 0.326 e. The Hall–Kier alpha value is -2.77. The van der Waals surface area contributed by atoms with Crippen molar-refractivity contribution in [1.82, 2.24) is 16.0 Å². The predicted molar refractivity (Wildman–Crippen MR) is 125 cm³/mol. The Morgan fingerprint density at radius 1 is 0.906 bits per heavy atom. The van der Waals surface area contributed by atoms with E-state index in [1.807, 2.05) is 19.9 Å². The van der Waals surface area contributed by atoms with Crippen molar-refractivity contribution in [2.75, 3.05) is 0 Å². The highest BCUT2D eigenvalue weighted by Crippen LogP contribution is 2.22. The van der Waals surface area contributed by atoms with Crippen molar-refractivity contribution in [3.05, 3.63) is 69.7 Å². The number of nitrogens with one attached hydrogen (secondary N) is 3. The Morgan fingerprint density at radius 2 is 1.59 bits per heavy atom. The van der Waals surface area contributed by atoms with E-state index in [2.05, 4.69) is 16.0 Å². The van der Waals surface area contributed by atoms with Gasteiger partial charge in [0, 0.05) is 13.0 Å². The molecule has 2 aromatic rings. The lowest BCUT2D eigenvalue weighted by atomic mass is 10.0. The van der Waals surface area contributed by atoms with E-state index in [0.717, 1.165) is 11.1 Å². The van der Waals surface area contributed by atoms with Gasteiger partial charge >= 0.3 is 12.0 Å². The second-order valence-corrected chi connectivity index (χ2v) is 8.66. The zero-order valence-corrected chi connectivity index (χ0v) is 19.4. The van der Waals surface area contributed by atoms with Crippen LogP contribution in [0.3, 0.4) is 0 Å². The van der Waals surface area contributed by atoms with Gasteiger partial charge in [-0.2, -0.15) is 0 Å². The van der Waals surface area contributed by atoms with Crippen molar-refractivity contribution in [2.45, 2.75) is 45.3 Å². The van der Waals surface area contributed by atoms with Crippen molar-refractivity contribution < 1.29 is 19.5 Å². The first-order valence-corrected chi connectivity index (χ1v) is 11.0. The van der Waals surface area contributed by atoms with Crippen LogP contribution in [0.15, 0.2) is 48.5 Å². The summed E-state index contributed by atoms with van der Waals surface area (Å²) < 4.78 is 0. The van der Waals surface area contributed by atoms with Gasteiger partial charge in [-0.1, -0.05) is 73.4 Å². The first-order chi connectivity index (χ1) is 15.2. The molecule has 0 aliphatic rings. The van der Waals surface area contributed by atoms with Gasteiger partial charge < -0.3 is 21.1 Å². The van der Waals surface area contributed by atoms with Crippen LogP contribution in [0.1, 0.15) is 31.4 Å². The molecule has 0 saturated carbocycles. The van der Waals surface area contributed by atoms with Crippen LogP contribution in [-0.2, 0) is 22.6 Å². The summed E-state index contributed by atoms with van der Waals surface area (Å²) in [6, 6.07) is 11.5. The number of hydrogen-bond acceptors (Lipinski definition) is 3. The molecule has 7 nitrogen and oxygen atoms in total. The topological polar surface area (TPSA) is 108 Å². The van der Waals surface area contributed by atoms with Crippen LogP contribution in [0.2, 0.25) is 10.0 Å². The molecule has 172 valence electrons. The minimum absolute atomic E-state index is 0.0959. The van der Waals surface area contributed by atoms with Gasteiger partial charge in [0.1, 0.15) is 12.1 Å². The fraction of sp³-hybridized carbons (Fsp3) is 0.348. The highest BCUT2D eigenvalue weighted by atomic mass is 35.5. The van der Waals surface area contributed by atoms with E-state index < -0.39 is 30.0 Å². The zero-order chi connectivity index (χ0) is 23.7. The van der Waals surface area contributed by atoms with E-state index in [4.69, 9.17) is 23.2 Å². The molecule has 2 aromatic carbocycles. The molecular formula is C23H27Cl2N3O4. The summed E-state index contributed by atoms with van der Waals surface area (Å²) in [6.45, 7) is 4.01. The van der Waals surface area contributed by atoms with Gasteiger partial charge in [-0.25, -0.2) is 9.59 Å². The molecule has 0 spiro atoms. The molecular weight excluding hydrogens is 453 g/mol. The van der Waals surface area contributed by atoms with Crippen LogP contribution in [0.25, 0.3) is 0 Å². The van der Waals surface area contributed by atoms with E-state index in [0.29, 0.717) is 16.5 Å². The van der Waals surface area contributed by atoms with Crippen molar-refractivity contribution in [3.8, 4) is 0 Å². The third-order valence-corrected chi connectivity index (χ3v) is 5.40. The second kappa shape index (κ2) is 12.3. The number of rotatable bonds is 10. The fourth-order valence-electron chi connectivity index (χ4n) is 3.07. The molecule has 0 radical (unpaired) electrons. The monoisotopic (exact) mass is 479 g/mol. The smallest absolute Gasteiger partial charge is 0.326 e. The van der Waals surface area contributed by atoms with Crippen LogP contribution < -0.4 is 16.0 Å². The number of carbonyl (C=O) groups excluding carboxylic acids is 2. The van der Waals surface area contributed by atoms with E-state index in [1.165, 1.54) is 0 Å². The molecule has 4 N–H and O–H groups in total. The largest absolute Gasteiger partial charge is 0.480 e. The second-order valence-electron chi connectivity index (χ2n) is 7.85. The molecule has 0 aliphatic carbocycles. The first kappa shape index (κ1) is 25.5. The van der Waals surface area contributed by atoms with Crippen molar-refractivity contribution >= 4 is 41.1 Å². The molecule has 2 atom stereocenters. The van der Waals surface area contributed by atoms with E-state index >= 15 is 0 Å². The van der Waals surface area contributed by atoms with Gasteiger partial charge in [0.25, 0.3) is 0 Å². The van der Waals surface area contributed by atoms with Crippen molar-refractivity contribution in [2.24, 2.45) is 5.92 Å². The van der Waals surface area contributed by atoms with Gasteiger partial charge in [0.2, 0.25) is 5.91 Å². The van der Waals surface area contributed by atoms with Crippen LogP contribution in [0.4, 0.5) is 4.79 Å². The normalized spacial score (nSPS) is 12.7. The summed E-state index contributed by atoms with van der Waals surface area (Å²) in [6.07, 6.45) is 0.490. The number of aliphatic carboxylic acids is 1. The summed E-state index contributed by atoms with van der Waals surface area (Å²) in [5, 5.41) is 18.2. The summed E-state index contributed by atoms with van der Waals surface area (Å²) >= 11 is 11.9. The number of hydrogen-bond donors (Lipinski definition) is 4. The minimum Gasteiger partial charge on any atom is -0.480 e. The number of urea groups is 1. The maximum absolute atomic E-state index is 12.8. The Morgan fingerprint density at radius 3 is 2.19 bits per heavy atom. The molecule has 2 rings (SSSR count). The van der Waals surface area contributed by atoms with E-state index in [1.54, 1.807) is 42.5 Å². The van der Waals surface area contributed by atoms with Gasteiger partial charge in [-0.15, -0.1) is 0 Å². The van der Waals surface area contributed by atoms with E-state index in [9.17, 15) is 19.5 Å². The van der Waals surface area contributed by atoms with Crippen molar-refractivity contribution in [3.63, 3.8) is 0 Å². The molecule has 0 heterocycles. The maximum atomic E-state index is 12.8. The quantitative estimate of drug-likeness (QED) is 0.412. The molecule has 0 unspecified atom stereocenters. The lowest BCUT2D eigenvalue weighted by Crippen LogP contribution is -2.54. The van der Waals surface area contributed by atoms with Crippen LogP contribution in [-0.4, -0.2) is 35.1 Å². The van der Waals surface area contributed by atoms with Crippen LogP contribution in [0, 0.1) is 5.92 Å².